The van der Waals surface area contributed by atoms with Crippen molar-refractivity contribution in [2.75, 3.05) is 6.26 Å². The van der Waals surface area contributed by atoms with E-state index in [4.69, 9.17) is 11.5 Å². The molecule has 5 heteroatoms. The molecule has 0 saturated heterocycles. The third kappa shape index (κ3) is 1.75. The van der Waals surface area contributed by atoms with Gasteiger partial charge >= 0.3 is 0 Å². The van der Waals surface area contributed by atoms with Gasteiger partial charge in [0, 0.05) is 12.1 Å². The van der Waals surface area contributed by atoms with Crippen molar-refractivity contribution in [2.45, 2.75) is 18.8 Å². The van der Waals surface area contributed by atoms with Crippen LogP contribution in [0.1, 0.15) is 13.8 Å². The molecule has 0 aromatic rings. The first-order valence-corrected chi connectivity index (χ1v) is 5.38. The van der Waals surface area contributed by atoms with Gasteiger partial charge in [-0.1, -0.05) is 13.8 Å². The van der Waals surface area contributed by atoms with Gasteiger partial charge in [0.05, 0.1) is 5.70 Å². The largest absolute Gasteiger partial charge is 0.395 e. The molecular weight excluding hydrogens is 184 g/mol. The lowest BCUT2D eigenvalue weighted by molar-refractivity contribution is 0.406. The summed E-state index contributed by atoms with van der Waals surface area (Å²) in [7, 11) is 0. The number of rotatable bonds is 2. The molecule has 1 atom stereocenters. The fourth-order valence-corrected chi connectivity index (χ4v) is 2.00. The van der Waals surface area contributed by atoms with Crippen LogP contribution in [0, 0.1) is 5.92 Å². The molecule has 4 nitrogen and oxygen atoms in total. The molecule has 0 bridgehead atoms. The van der Waals surface area contributed by atoms with E-state index >= 15 is 0 Å². The molecule has 74 valence electrons. The fraction of sp³-hybridized carbons (Fsp3) is 0.625. The third-order valence-electron chi connectivity index (χ3n) is 2.11. The van der Waals surface area contributed by atoms with Gasteiger partial charge in [-0.3, -0.25) is 0 Å². The van der Waals surface area contributed by atoms with Crippen LogP contribution in [0.2, 0.25) is 0 Å². The molecule has 1 unspecified atom stereocenters. The molecule has 0 saturated carbocycles. The van der Waals surface area contributed by atoms with Crippen LogP contribution in [0.5, 0.6) is 0 Å². The Hall–Kier alpha value is -0.840. The third-order valence-corrected chi connectivity index (χ3v) is 3.41. The molecule has 0 radical (unpaired) electrons. The average Bonchev–Trinajstić information content (AvgIpc) is 2.09. The minimum absolute atomic E-state index is 0.352. The number of nitrogens with zero attached hydrogens (tertiary/aromatic N) is 1. The normalized spacial score (nSPS) is 28.0. The molecule has 5 N–H and O–H groups in total. The van der Waals surface area contributed by atoms with Crippen molar-refractivity contribution in [2.24, 2.45) is 22.4 Å². The molecule has 0 amide bonds. The summed E-state index contributed by atoms with van der Waals surface area (Å²) >= 11 is 1.63. The summed E-state index contributed by atoms with van der Waals surface area (Å²) in [6.45, 7) is 4.19. The van der Waals surface area contributed by atoms with Crippen molar-refractivity contribution >= 4 is 17.6 Å². The van der Waals surface area contributed by atoms with Crippen LogP contribution in [0.3, 0.4) is 0 Å². The van der Waals surface area contributed by atoms with E-state index in [2.05, 4.69) is 24.2 Å². The smallest absolute Gasteiger partial charge is 0.181 e. The quantitative estimate of drug-likeness (QED) is 0.604. The zero-order valence-corrected chi connectivity index (χ0v) is 8.98. The Bertz CT molecular complexity index is 259. The molecule has 13 heavy (non-hydrogen) atoms. The highest BCUT2D eigenvalue weighted by molar-refractivity contribution is 7.99. The molecule has 0 fully saturated rings. The zero-order valence-electron chi connectivity index (χ0n) is 8.16. The van der Waals surface area contributed by atoms with Crippen molar-refractivity contribution in [1.29, 1.82) is 0 Å². The molecule has 0 aromatic heterocycles. The lowest BCUT2D eigenvalue weighted by Crippen LogP contribution is -2.47. The van der Waals surface area contributed by atoms with Crippen molar-refractivity contribution in [3.63, 3.8) is 0 Å². The molecule has 1 rings (SSSR count). The van der Waals surface area contributed by atoms with Crippen LogP contribution >= 0.6 is 11.8 Å². The highest BCUT2D eigenvalue weighted by atomic mass is 32.2. The van der Waals surface area contributed by atoms with Gasteiger partial charge in [0.1, 0.15) is 5.84 Å². The predicted molar refractivity (Wildman–Crippen MR) is 58.1 cm³/mol. The first kappa shape index (κ1) is 10.2. The summed E-state index contributed by atoms with van der Waals surface area (Å²) in [5.74, 6) is 0.771. The van der Waals surface area contributed by atoms with Gasteiger partial charge in [0.25, 0.3) is 0 Å². The Morgan fingerprint density at radius 1 is 1.54 bits per heavy atom. The number of hydrogen-bond donors (Lipinski definition) is 3. The van der Waals surface area contributed by atoms with Crippen molar-refractivity contribution in [1.82, 2.24) is 5.32 Å². The highest BCUT2D eigenvalue weighted by Crippen LogP contribution is 2.31. The van der Waals surface area contributed by atoms with E-state index in [0.29, 0.717) is 17.5 Å². The van der Waals surface area contributed by atoms with Crippen LogP contribution < -0.4 is 16.8 Å². The fourth-order valence-electron chi connectivity index (χ4n) is 1.17. The van der Waals surface area contributed by atoms with Crippen molar-refractivity contribution in [3.05, 3.63) is 11.9 Å². The topological polar surface area (TPSA) is 76.4 Å². The Morgan fingerprint density at radius 3 is 2.54 bits per heavy atom. The SMILES string of the molecule is CSC1(C(C)C)N=C(N)C(N)=CN1. The maximum Gasteiger partial charge on any atom is 0.181 e. The second kappa shape index (κ2) is 3.49. The number of hydrogen-bond acceptors (Lipinski definition) is 5. The monoisotopic (exact) mass is 200 g/mol. The second-order valence-electron chi connectivity index (χ2n) is 3.30. The first-order valence-electron chi connectivity index (χ1n) is 4.16. The van der Waals surface area contributed by atoms with Crippen LogP contribution in [-0.2, 0) is 0 Å². The predicted octanol–water partition coefficient (Wildman–Crippen LogP) is 0.420. The maximum absolute atomic E-state index is 5.67. The number of aliphatic imine (C=N–C) groups is 1. The van der Waals surface area contributed by atoms with Gasteiger partial charge in [-0.15, -0.1) is 11.8 Å². The molecular formula is C8H16N4S. The molecule has 1 aliphatic heterocycles. The first-order chi connectivity index (χ1) is 6.02. The van der Waals surface area contributed by atoms with Crippen LogP contribution in [0.15, 0.2) is 16.9 Å². The van der Waals surface area contributed by atoms with E-state index < -0.39 is 0 Å². The minimum Gasteiger partial charge on any atom is -0.395 e. The molecule has 1 heterocycles. The molecule has 0 spiro atoms. The summed E-state index contributed by atoms with van der Waals surface area (Å²) in [5, 5.41) is 3.17. The van der Waals surface area contributed by atoms with Gasteiger partial charge < -0.3 is 16.8 Å². The van der Waals surface area contributed by atoms with Crippen molar-refractivity contribution < 1.29 is 0 Å². The maximum atomic E-state index is 5.67. The Labute approximate surface area is 82.8 Å². The van der Waals surface area contributed by atoms with Crippen molar-refractivity contribution in [3.8, 4) is 0 Å². The number of thioether (sulfide) groups is 1. The van der Waals surface area contributed by atoms with Gasteiger partial charge in [0.2, 0.25) is 0 Å². The number of amidine groups is 1. The Balaban J connectivity index is 2.96. The molecule has 1 aliphatic rings. The van der Waals surface area contributed by atoms with Crippen LogP contribution in [-0.4, -0.2) is 17.1 Å². The molecule has 0 aromatic carbocycles. The van der Waals surface area contributed by atoms with E-state index in [-0.39, 0.29) is 4.99 Å². The highest BCUT2D eigenvalue weighted by Gasteiger charge is 2.34. The lowest BCUT2D eigenvalue weighted by atomic mass is 10.1. The number of nitrogens with one attached hydrogen (secondary N) is 1. The standard InChI is InChI=1S/C8H16N4S/c1-5(2)8(13-3)11-4-6(9)7(10)12-8/h4-5,11H,9H2,1-3H3,(H2,10,12). The molecule has 0 aliphatic carbocycles. The van der Waals surface area contributed by atoms with E-state index in [1.807, 2.05) is 6.26 Å². The van der Waals surface area contributed by atoms with E-state index in [9.17, 15) is 0 Å². The average molecular weight is 200 g/mol. The van der Waals surface area contributed by atoms with Crippen LogP contribution in [0.25, 0.3) is 0 Å². The summed E-state index contributed by atoms with van der Waals surface area (Å²) < 4.78 is 0. The summed E-state index contributed by atoms with van der Waals surface area (Å²) in [6.07, 6.45) is 3.72. The lowest BCUT2D eigenvalue weighted by Gasteiger charge is -2.35. The number of nitrogens with two attached hydrogens (primary N) is 2. The zero-order chi connectivity index (χ0) is 10.1. The Morgan fingerprint density at radius 2 is 2.15 bits per heavy atom. The Kier molecular flexibility index (Phi) is 2.75. The summed E-state index contributed by atoms with van der Waals surface area (Å²) in [4.78, 5) is 4.01. The summed E-state index contributed by atoms with van der Waals surface area (Å²) in [5.41, 5.74) is 11.8. The second-order valence-corrected chi connectivity index (χ2v) is 4.33. The van der Waals surface area contributed by atoms with Crippen LogP contribution in [0.4, 0.5) is 0 Å². The minimum atomic E-state index is -0.354. The van der Waals surface area contributed by atoms with Gasteiger partial charge in [-0.2, -0.15) is 0 Å². The van der Waals surface area contributed by atoms with Gasteiger partial charge in [-0.25, -0.2) is 4.99 Å². The van der Waals surface area contributed by atoms with E-state index in [1.54, 1.807) is 18.0 Å². The summed E-state index contributed by atoms with van der Waals surface area (Å²) in [6, 6.07) is 0. The van der Waals surface area contributed by atoms with Gasteiger partial charge in [-0.05, 0) is 6.26 Å². The van der Waals surface area contributed by atoms with E-state index in [0.717, 1.165) is 0 Å². The van der Waals surface area contributed by atoms with E-state index in [1.165, 1.54) is 0 Å². The van der Waals surface area contributed by atoms with Gasteiger partial charge in [0.15, 0.2) is 4.99 Å².